The fourth-order valence-electron chi connectivity index (χ4n) is 1.66. The van der Waals surface area contributed by atoms with Gasteiger partial charge in [0.2, 0.25) is 0 Å². The minimum Gasteiger partial charge on any atom is -0.303 e. The Kier molecular flexibility index (Phi) is 2.64. The molecule has 0 unspecified atom stereocenters. The molecule has 0 aliphatic heterocycles. The molecule has 0 aliphatic rings. The molecule has 15 heavy (non-hydrogen) atoms. The van der Waals surface area contributed by atoms with Crippen molar-refractivity contribution in [3.05, 3.63) is 54.1 Å². The van der Waals surface area contributed by atoms with Crippen LogP contribution in [0.3, 0.4) is 0 Å². The van der Waals surface area contributed by atoms with E-state index in [4.69, 9.17) is 0 Å². The second-order valence-corrected chi connectivity index (χ2v) is 3.52. The van der Waals surface area contributed by atoms with Crippen molar-refractivity contribution in [2.24, 2.45) is 0 Å². The van der Waals surface area contributed by atoms with Crippen LogP contribution < -0.4 is 0 Å². The SMILES string of the molecule is C=Cc1ccc2cc(CC=O)ccc2c1. The Bertz CT molecular complexity index is 512. The summed E-state index contributed by atoms with van der Waals surface area (Å²) < 4.78 is 0. The molecular weight excluding hydrogens is 184 g/mol. The van der Waals surface area contributed by atoms with Gasteiger partial charge in [-0.15, -0.1) is 0 Å². The standard InChI is InChI=1S/C14H12O/c1-2-11-3-5-14-10-12(7-8-15)4-6-13(14)9-11/h2-6,8-10H,1,7H2. The van der Waals surface area contributed by atoms with Crippen LogP contribution in [0.1, 0.15) is 11.1 Å². The number of carbonyl (C=O) groups is 1. The highest BCUT2D eigenvalue weighted by molar-refractivity contribution is 5.85. The van der Waals surface area contributed by atoms with Crippen LogP contribution in [0.15, 0.2) is 43.0 Å². The first-order valence-electron chi connectivity index (χ1n) is 4.92. The van der Waals surface area contributed by atoms with Gasteiger partial charge in [-0.2, -0.15) is 0 Å². The molecule has 2 aromatic carbocycles. The molecule has 2 aromatic rings. The molecule has 0 atom stereocenters. The maximum absolute atomic E-state index is 10.4. The highest BCUT2D eigenvalue weighted by atomic mass is 16.1. The van der Waals surface area contributed by atoms with Crippen molar-refractivity contribution in [3.8, 4) is 0 Å². The summed E-state index contributed by atoms with van der Waals surface area (Å²) in [7, 11) is 0. The van der Waals surface area contributed by atoms with Crippen molar-refractivity contribution < 1.29 is 4.79 Å². The van der Waals surface area contributed by atoms with Gasteiger partial charge in [-0.25, -0.2) is 0 Å². The van der Waals surface area contributed by atoms with E-state index in [1.54, 1.807) is 0 Å². The minimum atomic E-state index is 0.485. The van der Waals surface area contributed by atoms with Gasteiger partial charge in [-0.1, -0.05) is 43.0 Å². The van der Waals surface area contributed by atoms with Gasteiger partial charge in [0.25, 0.3) is 0 Å². The van der Waals surface area contributed by atoms with Gasteiger partial charge in [0.05, 0.1) is 0 Å². The average Bonchev–Trinajstić information content (AvgIpc) is 2.29. The molecule has 0 heterocycles. The van der Waals surface area contributed by atoms with Crippen molar-refractivity contribution >= 4 is 23.1 Å². The zero-order valence-electron chi connectivity index (χ0n) is 8.44. The lowest BCUT2D eigenvalue weighted by molar-refractivity contribution is -0.107. The van der Waals surface area contributed by atoms with Crippen molar-refractivity contribution in [1.82, 2.24) is 0 Å². The van der Waals surface area contributed by atoms with Crippen LogP contribution in [-0.2, 0) is 11.2 Å². The Balaban J connectivity index is 2.54. The summed E-state index contributed by atoms with van der Waals surface area (Å²) in [6.07, 6.45) is 3.25. The first kappa shape index (κ1) is 9.66. The van der Waals surface area contributed by atoms with Crippen LogP contribution in [0.2, 0.25) is 0 Å². The quantitative estimate of drug-likeness (QED) is 0.689. The summed E-state index contributed by atoms with van der Waals surface area (Å²) in [5, 5.41) is 2.35. The lowest BCUT2D eigenvalue weighted by Crippen LogP contribution is -1.85. The van der Waals surface area contributed by atoms with Gasteiger partial charge >= 0.3 is 0 Å². The molecule has 74 valence electrons. The van der Waals surface area contributed by atoms with E-state index in [0.29, 0.717) is 6.42 Å². The molecule has 0 saturated heterocycles. The molecule has 0 N–H and O–H groups in total. The third-order valence-electron chi connectivity index (χ3n) is 2.48. The molecule has 0 amide bonds. The number of hydrogen-bond acceptors (Lipinski definition) is 1. The van der Waals surface area contributed by atoms with Crippen LogP contribution in [0.25, 0.3) is 16.8 Å². The Labute approximate surface area is 89.0 Å². The molecule has 2 rings (SSSR count). The largest absolute Gasteiger partial charge is 0.303 e. The van der Waals surface area contributed by atoms with Crippen molar-refractivity contribution in [2.45, 2.75) is 6.42 Å². The van der Waals surface area contributed by atoms with E-state index < -0.39 is 0 Å². The highest BCUT2D eigenvalue weighted by Crippen LogP contribution is 2.18. The number of fused-ring (bicyclic) bond motifs is 1. The summed E-state index contributed by atoms with van der Waals surface area (Å²) in [5.41, 5.74) is 2.18. The fourth-order valence-corrected chi connectivity index (χ4v) is 1.66. The van der Waals surface area contributed by atoms with Crippen LogP contribution in [0, 0.1) is 0 Å². The monoisotopic (exact) mass is 196 g/mol. The predicted molar refractivity (Wildman–Crippen MR) is 63.8 cm³/mol. The number of aldehydes is 1. The first-order chi connectivity index (χ1) is 7.33. The number of carbonyl (C=O) groups excluding carboxylic acids is 1. The molecule has 0 spiro atoms. The van der Waals surface area contributed by atoms with E-state index in [-0.39, 0.29) is 0 Å². The number of benzene rings is 2. The summed E-state index contributed by atoms with van der Waals surface area (Å²) in [5.74, 6) is 0. The van der Waals surface area contributed by atoms with Crippen LogP contribution in [0.5, 0.6) is 0 Å². The molecule has 0 aliphatic carbocycles. The van der Waals surface area contributed by atoms with E-state index in [0.717, 1.165) is 17.4 Å². The maximum atomic E-state index is 10.4. The molecule has 0 aromatic heterocycles. The summed E-state index contributed by atoms with van der Waals surface area (Å²) in [6, 6.07) is 12.3. The fraction of sp³-hybridized carbons (Fsp3) is 0.0714. The predicted octanol–water partition coefficient (Wildman–Crippen LogP) is 3.22. The van der Waals surface area contributed by atoms with Crippen molar-refractivity contribution in [2.75, 3.05) is 0 Å². The van der Waals surface area contributed by atoms with Gasteiger partial charge < -0.3 is 4.79 Å². The molecule has 0 radical (unpaired) electrons. The van der Waals surface area contributed by atoms with Gasteiger partial charge in [-0.05, 0) is 28.0 Å². The van der Waals surface area contributed by atoms with E-state index in [2.05, 4.69) is 24.8 Å². The lowest BCUT2D eigenvalue weighted by Gasteiger charge is -2.02. The Hall–Kier alpha value is -1.89. The third kappa shape index (κ3) is 1.96. The van der Waals surface area contributed by atoms with Crippen LogP contribution in [-0.4, -0.2) is 6.29 Å². The zero-order chi connectivity index (χ0) is 10.7. The van der Waals surface area contributed by atoms with E-state index in [1.807, 2.05) is 24.3 Å². The molecule has 1 nitrogen and oxygen atoms in total. The Morgan fingerprint density at radius 1 is 1.07 bits per heavy atom. The summed E-state index contributed by atoms with van der Waals surface area (Å²) in [6.45, 7) is 3.74. The van der Waals surface area contributed by atoms with Crippen LogP contribution >= 0.6 is 0 Å². The molecule has 1 heteroatoms. The lowest BCUT2D eigenvalue weighted by atomic mass is 10.0. The second kappa shape index (κ2) is 4.09. The van der Waals surface area contributed by atoms with Gasteiger partial charge in [0.1, 0.15) is 6.29 Å². The normalized spacial score (nSPS) is 10.1. The Morgan fingerprint density at radius 3 is 2.53 bits per heavy atom. The summed E-state index contributed by atoms with van der Waals surface area (Å²) >= 11 is 0. The molecule has 0 bridgehead atoms. The van der Waals surface area contributed by atoms with Gasteiger partial charge in [-0.3, -0.25) is 0 Å². The van der Waals surface area contributed by atoms with E-state index in [9.17, 15) is 4.79 Å². The molecular formula is C14H12O. The third-order valence-corrected chi connectivity index (χ3v) is 2.48. The summed E-state index contributed by atoms with van der Waals surface area (Å²) in [4.78, 5) is 10.4. The topological polar surface area (TPSA) is 17.1 Å². The smallest absolute Gasteiger partial charge is 0.124 e. The first-order valence-corrected chi connectivity index (χ1v) is 4.92. The molecule has 0 saturated carbocycles. The van der Waals surface area contributed by atoms with Gasteiger partial charge in [0, 0.05) is 6.42 Å². The second-order valence-electron chi connectivity index (χ2n) is 3.52. The van der Waals surface area contributed by atoms with Crippen LogP contribution in [0.4, 0.5) is 0 Å². The highest BCUT2D eigenvalue weighted by Gasteiger charge is 1.96. The average molecular weight is 196 g/mol. The zero-order valence-corrected chi connectivity index (χ0v) is 8.44. The van der Waals surface area contributed by atoms with Gasteiger partial charge in [0.15, 0.2) is 0 Å². The van der Waals surface area contributed by atoms with Crippen molar-refractivity contribution in [3.63, 3.8) is 0 Å². The minimum absolute atomic E-state index is 0.485. The Morgan fingerprint density at radius 2 is 1.80 bits per heavy atom. The molecule has 0 fully saturated rings. The number of rotatable bonds is 3. The maximum Gasteiger partial charge on any atom is 0.124 e. The van der Waals surface area contributed by atoms with E-state index >= 15 is 0 Å². The number of hydrogen-bond donors (Lipinski definition) is 0. The van der Waals surface area contributed by atoms with Crippen molar-refractivity contribution in [1.29, 1.82) is 0 Å². The van der Waals surface area contributed by atoms with E-state index in [1.165, 1.54) is 10.8 Å².